The maximum absolute atomic E-state index is 13.0. The number of carbonyl (C=O) groups is 2. The highest BCUT2D eigenvalue weighted by Crippen LogP contribution is 2.33. The summed E-state index contributed by atoms with van der Waals surface area (Å²) in [6.07, 6.45) is 0.790. The van der Waals surface area contributed by atoms with E-state index in [0.717, 1.165) is 34.3 Å². The molecule has 3 aromatic rings. The number of hydrogen-bond donors (Lipinski definition) is 0. The molecule has 0 aliphatic carbocycles. The van der Waals surface area contributed by atoms with E-state index in [1.54, 1.807) is 9.80 Å². The van der Waals surface area contributed by atoms with Gasteiger partial charge >= 0.3 is 0 Å². The van der Waals surface area contributed by atoms with Crippen LogP contribution in [0.1, 0.15) is 6.92 Å². The average Bonchev–Trinajstić information content (AvgIpc) is 2.84. The molecular weight excluding hydrogens is 352 g/mol. The van der Waals surface area contributed by atoms with Crippen LogP contribution in [-0.2, 0) is 9.59 Å². The van der Waals surface area contributed by atoms with Gasteiger partial charge in [-0.15, -0.1) is 0 Å². The van der Waals surface area contributed by atoms with E-state index in [2.05, 4.69) is 0 Å². The molecule has 1 aliphatic rings. The number of para-hydroxylation sites is 2. The Morgan fingerprint density at radius 3 is 2.54 bits per heavy atom. The molecule has 0 N–H and O–H groups in total. The van der Waals surface area contributed by atoms with Gasteiger partial charge in [-0.3, -0.25) is 9.59 Å². The van der Waals surface area contributed by atoms with Crippen LogP contribution >= 0.6 is 0 Å². The third kappa shape index (κ3) is 3.31. The van der Waals surface area contributed by atoms with Gasteiger partial charge in [0.2, 0.25) is 12.3 Å². The van der Waals surface area contributed by atoms with Crippen LogP contribution < -0.4 is 14.5 Å². The fourth-order valence-electron chi connectivity index (χ4n) is 3.69. The molecule has 1 unspecified atom stereocenters. The molecule has 0 spiro atoms. The lowest BCUT2D eigenvalue weighted by molar-refractivity contribution is -0.121. The Morgan fingerprint density at radius 1 is 1.00 bits per heavy atom. The number of fused-ring (bicyclic) bond motifs is 2. The van der Waals surface area contributed by atoms with Crippen molar-refractivity contribution < 1.29 is 14.3 Å². The predicted octanol–water partition coefficient (Wildman–Crippen LogP) is 3.86. The summed E-state index contributed by atoms with van der Waals surface area (Å²) in [5.74, 6) is 0.518. The first-order chi connectivity index (χ1) is 13.7. The van der Waals surface area contributed by atoms with Gasteiger partial charge in [-0.1, -0.05) is 55.5 Å². The summed E-state index contributed by atoms with van der Waals surface area (Å²) >= 11 is 0. The molecule has 0 aromatic heterocycles. The minimum atomic E-state index is -0.282. The normalized spacial score (nSPS) is 16.6. The minimum Gasteiger partial charge on any atom is -0.491 e. The lowest BCUT2D eigenvalue weighted by Crippen LogP contribution is -2.38. The zero-order chi connectivity index (χ0) is 19.5. The number of hydrogen-bond acceptors (Lipinski definition) is 3. The molecule has 1 aliphatic heterocycles. The smallest absolute Gasteiger partial charge is 0.231 e. The average molecular weight is 374 g/mol. The molecule has 3 aromatic carbocycles. The molecule has 0 radical (unpaired) electrons. The van der Waals surface area contributed by atoms with Gasteiger partial charge in [0.1, 0.15) is 12.4 Å². The Bertz CT molecular complexity index is 1010. The van der Waals surface area contributed by atoms with Crippen LogP contribution in [-0.4, -0.2) is 32.0 Å². The van der Waals surface area contributed by atoms with Crippen LogP contribution in [0.25, 0.3) is 10.8 Å². The Morgan fingerprint density at radius 2 is 1.71 bits per heavy atom. The second kappa shape index (κ2) is 7.72. The van der Waals surface area contributed by atoms with Gasteiger partial charge in [0.25, 0.3) is 0 Å². The third-order valence-electron chi connectivity index (χ3n) is 5.09. The van der Waals surface area contributed by atoms with Crippen molar-refractivity contribution in [3.8, 4) is 5.75 Å². The first-order valence-corrected chi connectivity index (χ1v) is 9.42. The van der Waals surface area contributed by atoms with Gasteiger partial charge in [-0.25, -0.2) is 0 Å². The largest absolute Gasteiger partial charge is 0.491 e. The van der Waals surface area contributed by atoms with Crippen molar-refractivity contribution in [1.29, 1.82) is 0 Å². The molecule has 0 saturated carbocycles. The highest BCUT2D eigenvalue weighted by molar-refractivity contribution is 6.02. The quantitative estimate of drug-likeness (QED) is 0.637. The second-order valence-electron chi connectivity index (χ2n) is 6.96. The Balaban J connectivity index is 1.57. The highest BCUT2D eigenvalue weighted by atomic mass is 16.5. The van der Waals surface area contributed by atoms with E-state index < -0.39 is 0 Å². The van der Waals surface area contributed by atoms with Gasteiger partial charge in [-0.05, 0) is 23.6 Å². The summed E-state index contributed by atoms with van der Waals surface area (Å²) in [6.45, 7) is 3.00. The van der Waals surface area contributed by atoms with E-state index >= 15 is 0 Å². The number of nitrogens with zero attached hydrogens (tertiary/aromatic N) is 2. The van der Waals surface area contributed by atoms with Crippen molar-refractivity contribution in [2.75, 3.05) is 29.5 Å². The van der Waals surface area contributed by atoms with Crippen LogP contribution in [0, 0.1) is 5.92 Å². The Kier molecular flexibility index (Phi) is 4.98. The molecule has 5 nitrogen and oxygen atoms in total. The molecule has 1 atom stereocenters. The first-order valence-electron chi connectivity index (χ1n) is 9.42. The maximum atomic E-state index is 13.0. The maximum Gasteiger partial charge on any atom is 0.231 e. The van der Waals surface area contributed by atoms with E-state index in [4.69, 9.17) is 4.74 Å². The summed E-state index contributed by atoms with van der Waals surface area (Å²) in [7, 11) is 0. The topological polar surface area (TPSA) is 49.9 Å². The molecule has 0 fully saturated rings. The highest BCUT2D eigenvalue weighted by Gasteiger charge is 2.30. The molecule has 1 heterocycles. The summed E-state index contributed by atoms with van der Waals surface area (Å²) < 4.78 is 6.04. The van der Waals surface area contributed by atoms with Gasteiger partial charge in [0.15, 0.2) is 0 Å². The molecule has 4 rings (SSSR count). The Labute approximate surface area is 164 Å². The monoisotopic (exact) mass is 374 g/mol. The van der Waals surface area contributed by atoms with Gasteiger partial charge in [0, 0.05) is 11.9 Å². The minimum absolute atomic E-state index is 0.00156. The third-order valence-corrected chi connectivity index (χ3v) is 5.09. The second-order valence-corrected chi connectivity index (χ2v) is 6.96. The predicted molar refractivity (Wildman–Crippen MR) is 111 cm³/mol. The number of rotatable bonds is 5. The molecule has 2 amide bonds. The van der Waals surface area contributed by atoms with E-state index in [1.165, 1.54) is 0 Å². The SMILES string of the molecule is CC1CN(C=O)c2ccccc2N(CCOc2cccc3ccccc23)C1=O. The van der Waals surface area contributed by atoms with Crippen molar-refractivity contribution in [1.82, 2.24) is 0 Å². The molecule has 0 saturated heterocycles. The number of ether oxygens (including phenoxy) is 1. The van der Waals surface area contributed by atoms with Gasteiger partial charge in [-0.2, -0.15) is 0 Å². The fourth-order valence-corrected chi connectivity index (χ4v) is 3.69. The van der Waals surface area contributed by atoms with Crippen LogP contribution in [0.2, 0.25) is 0 Å². The molecule has 5 heteroatoms. The molecule has 0 bridgehead atoms. The standard InChI is InChI=1S/C23H22N2O3/c1-17-15-24(16-26)20-10-4-5-11-21(20)25(23(17)27)13-14-28-22-12-6-8-18-7-2-3-9-19(18)22/h2-12,16-17H,13-15H2,1H3. The van der Waals surface area contributed by atoms with Crippen molar-refractivity contribution in [3.63, 3.8) is 0 Å². The lowest BCUT2D eigenvalue weighted by atomic mass is 10.1. The number of anilines is 2. The number of benzene rings is 3. The molecular formula is C23H22N2O3. The summed E-state index contributed by atoms with van der Waals surface area (Å²) in [4.78, 5) is 27.8. The van der Waals surface area contributed by atoms with Crippen molar-refractivity contribution >= 4 is 34.5 Å². The van der Waals surface area contributed by atoms with E-state index in [-0.39, 0.29) is 11.8 Å². The number of amides is 2. The van der Waals surface area contributed by atoms with E-state index in [0.29, 0.717) is 19.7 Å². The van der Waals surface area contributed by atoms with E-state index in [1.807, 2.05) is 73.7 Å². The van der Waals surface area contributed by atoms with Crippen LogP contribution in [0.5, 0.6) is 5.75 Å². The van der Waals surface area contributed by atoms with Gasteiger partial charge < -0.3 is 14.5 Å². The van der Waals surface area contributed by atoms with Crippen LogP contribution in [0.3, 0.4) is 0 Å². The van der Waals surface area contributed by atoms with Gasteiger partial charge in [0.05, 0.1) is 23.8 Å². The first kappa shape index (κ1) is 18.0. The zero-order valence-corrected chi connectivity index (χ0v) is 15.7. The van der Waals surface area contributed by atoms with Crippen molar-refractivity contribution in [3.05, 3.63) is 66.7 Å². The zero-order valence-electron chi connectivity index (χ0n) is 15.7. The summed E-state index contributed by atoms with van der Waals surface area (Å²) in [6, 6.07) is 21.5. The fraction of sp³-hybridized carbons (Fsp3) is 0.217. The summed E-state index contributed by atoms with van der Waals surface area (Å²) in [5.41, 5.74) is 1.49. The molecule has 28 heavy (non-hydrogen) atoms. The molecule has 142 valence electrons. The van der Waals surface area contributed by atoms with Crippen molar-refractivity contribution in [2.45, 2.75) is 6.92 Å². The van der Waals surface area contributed by atoms with Crippen LogP contribution in [0.4, 0.5) is 11.4 Å². The lowest BCUT2D eigenvalue weighted by Gasteiger charge is -2.24. The summed E-state index contributed by atoms with van der Waals surface area (Å²) in [5, 5.41) is 2.17. The Hall–Kier alpha value is -3.34. The number of carbonyl (C=O) groups excluding carboxylic acids is 2. The van der Waals surface area contributed by atoms with Crippen LogP contribution in [0.15, 0.2) is 66.7 Å². The van der Waals surface area contributed by atoms with Crippen molar-refractivity contribution in [2.24, 2.45) is 5.92 Å². The van der Waals surface area contributed by atoms with E-state index in [9.17, 15) is 9.59 Å².